The molecule has 1 heterocycles. The summed E-state index contributed by atoms with van der Waals surface area (Å²) in [6.45, 7) is 1.40. The van der Waals surface area contributed by atoms with Gasteiger partial charge in [0, 0.05) is 25.4 Å². The Labute approximate surface area is 65.1 Å². The van der Waals surface area contributed by atoms with Gasteiger partial charge in [-0.1, -0.05) is 0 Å². The second kappa shape index (κ2) is 3.71. The van der Waals surface area contributed by atoms with Gasteiger partial charge in [0.1, 0.15) is 0 Å². The Kier molecular flexibility index (Phi) is 3.97. The molecule has 1 aliphatic rings. The Bertz CT molecular complexity index is 120. The van der Waals surface area contributed by atoms with Gasteiger partial charge in [-0.3, -0.25) is 4.57 Å². The first-order valence-electron chi connectivity index (χ1n) is 2.72. The minimum absolute atomic E-state index is 0. The van der Waals surface area contributed by atoms with Crippen LogP contribution in [0.2, 0.25) is 0 Å². The topological polar surface area (TPSA) is 49.3 Å². The number of halogens is 1. The van der Waals surface area contributed by atoms with Crippen molar-refractivity contribution in [1.82, 2.24) is 5.32 Å². The Balaban J connectivity index is 0.000000640. The number of nitrogens with one attached hydrogen (secondary N) is 1. The zero-order chi connectivity index (χ0) is 6.04. The normalized spacial score (nSPS) is 24.6. The van der Waals surface area contributed by atoms with E-state index in [0.29, 0.717) is 25.4 Å². The van der Waals surface area contributed by atoms with Crippen molar-refractivity contribution < 1.29 is 9.46 Å². The van der Waals surface area contributed by atoms with Crippen molar-refractivity contribution in [2.75, 3.05) is 25.4 Å². The third-order valence-corrected chi connectivity index (χ3v) is 3.12. The van der Waals surface area contributed by atoms with Crippen molar-refractivity contribution in [2.45, 2.75) is 0 Å². The summed E-state index contributed by atoms with van der Waals surface area (Å²) in [7, 11) is -2.65. The van der Waals surface area contributed by atoms with Crippen molar-refractivity contribution in [1.29, 1.82) is 0 Å². The van der Waals surface area contributed by atoms with Crippen molar-refractivity contribution in [2.24, 2.45) is 0 Å². The molecule has 5 heteroatoms. The van der Waals surface area contributed by atoms with Gasteiger partial charge >= 0.3 is 0 Å². The highest BCUT2D eigenvalue weighted by Crippen LogP contribution is 2.40. The molecule has 56 valence electrons. The first kappa shape index (κ1) is 9.63. The summed E-state index contributed by atoms with van der Waals surface area (Å²) in [5.41, 5.74) is 0. The number of rotatable bonds is 0. The fraction of sp³-hybridized carbons (Fsp3) is 1.00. The van der Waals surface area contributed by atoms with E-state index < -0.39 is 7.37 Å². The fourth-order valence-corrected chi connectivity index (χ4v) is 1.98. The van der Waals surface area contributed by atoms with Gasteiger partial charge in [0.25, 0.3) is 0 Å². The third-order valence-electron chi connectivity index (χ3n) is 1.28. The summed E-state index contributed by atoms with van der Waals surface area (Å²) in [6.07, 6.45) is 0.903. The van der Waals surface area contributed by atoms with Crippen LogP contribution in [0, 0.1) is 0 Å². The first-order chi connectivity index (χ1) is 3.71. The van der Waals surface area contributed by atoms with Gasteiger partial charge in [0.05, 0.1) is 0 Å². The van der Waals surface area contributed by atoms with E-state index in [0.717, 1.165) is 0 Å². The SMILES string of the molecule is Br.O=P1(O)CCNCC1. The Morgan fingerprint density at radius 2 is 1.78 bits per heavy atom. The Morgan fingerprint density at radius 3 is 2.00 bits per heavy atom. The molecule has 0 saturated carbocycles. The monoisotopic (exact) mass is 215 g/mol. The molecule has 0 bridgehead atoms. The van der Waals surface area contributed by atoms with Gasteiger partial charge in [-0.15, -0.1) is 17.0 Å². The fourth-order valence-electron chi connectivity index (χ4n) is 0.744. The summed E-state index contributed by atoms with van der Waals surface area (Å²) in [6, 6.07) is 0. The highest BCUT2D eigenvalue weighted by atomic mass is 79.9. The quantitative estimate of drug-likeness (QED) is 0.577. The average molecular weight is 216 g/mol. The zero-order valence-electron chi connectivity index (χ0n) is 5.04. The van der Waals surface area contributed by atoms with Crippen molar-refractivity contribution in [3.8, 4) is 0 Å². The molecule has 0 aliphatic carbocycles. The van der Waals surface area contributed by atoms with Crippen LogP contribution < -0.4 is 5.32 Å². The smallest absolute Gasteiger partial charge is 0.203 e. The van der Waals surface area contributed by atoms with Gasteiger partial charge in [-0.05, 0) is 0 Å². The van der Waals surface area contributed by atoms with Crippen LogP contribution in [0.3, 0.4) is 0 Å². The number of hydrogen-bond acceptors (Lipinski definition) is 2. The molecule has 1 aliphatic heterocycles. The van der Waals surface area contributed by atoms with Crippen molar-refractivity contribution in [3.63, 3.8) is 0 Å². The Hall–Kier alpha value is 0.630. The lowest BCUT2D eigenvalue weighted by Crippen LogP contribution is -2.28. The van der Waals surface area contributed by atoms with Crippen LogP contribution in [0.25, 0.3) is 0 Å². The van der Waals surface area contributed by atoms with Crippen LogP contribution in [0.5, 0.6) is 0 Å². The molecule has 0 spiro atoms. The molecule has 0 aromatic heterocycles. The van der Waals surface area contributed by atoms with E-state index in [9.17, 15) is 4.57 Å². The van der Waals surface area contributed by atoms with Crippen LogP contribution >= 0.6 is 24.4 Å². The van der Waals surface area contributed by atoms with Crippen molar-refractivity contribution in [3.05, 3.63) is 0 Å². The van der Waals surface area contributed by atoms with Crippen LogP contribution in [0.15, 0.2) is 0 Å². The summed E-state index contributed by atoms with van der Waals surface area (Å²) in [5, 5.41) is 3.01. The minimum atomic E-state index is -2.65. The maximum Gasteiger partial charge on any atom is 0.203 e. The van der Waals surface area contributed by atoms with Crippen molar-refractivity contribution >= 4 is 24.4 Å². The number of hydrogen-bond donors (Lipinski definition) is 2. The zero-order valence-corrected chi connectivity index (χ0v) is 7.65. The van der Waals surface area contributed by atoms with Crippen LogP contribution in [-0.4, -0.2) is 30.3 Å². The molecule has 3 nitrogen and oxygen atoms in total. The summed E-state index contributed by atoms with van der Waals surface area (Å²) in [4.78, 5) is 8.89. The lowest BCUT2D eigenvalue weighted by molar-refractivity contribution is 0.465. The molecular formula is C4H11BrNO2P. The molecule has 0 atom stereocenters. The molecule has 1 saturated heterocycles. The van der Waals surface area contributed by atoms with E-state index >= 15 is 0 Å². The lowest BCUT2D eigenvalue weighted by atomic mass is 10.6. The van der Waals surface area contributed by atoms with E-state index in [1.807, 2.05) is 0 Å². The second-order valence-electron chi connectivity index (χ2n) is 2.04. The molecule has 9 heavy (non-hydrogen) atoms. The van der Waals surface area contributed by atoms with E-state index in [1.54, 1.807) is 0 Å². The molecule has 0 radical (unpaired) electrons. The van der Waals surface area contributed by atoms with Gasteiger partial charge in [0.2, 0.25) is 7.37 Å². The van der Waals surface area contributed by atoms with Crippen LogP contribution in [0.1, 0.15) is 0 Å². The highest BCUT2D eigenvalue weighted by Gasteiger charge is 2.20. The van der Waals surface area contributed by atoms with Gasteiger partial charge < -0.3 is 10.2 Å². The molecule has 1 rings (SSSR count). The van der Waals surface area contributed by atoms with Gasteiger partial charge in [-0.2, -0.15) is 0 Å². The van der Waals surface area contributed by atoms with Crippen LogP contribution in [0.4, 0.5) is 0 Å². The molecule has 0 unspecified atom stereocenters. The van der Waals surface area contributed by atoms with E-state index in [4.69, 9.17) is 4.89 Å². The summed E-state index contributed by atoms with van der Waals surface area (Å²) >= 11 is 0. The summed E-state index contributed by atoms with van der Waals surface area (Å²) in [5.74, 6) is 0. The highest BCUT2D eigenvalue weighted by molar-refractivity contribution is 8.93. The predicted molar refractivity (Wildman–Crippen MR) is 42.8 cm³/mol. The molecule has 1 fully saturated rings. The predicted octanol–water partition coefficient (Wildman–Crippen LogP) is 0.438. The van der Waals surface area contributed by atoms with Gasteiger partial charge in [0.15, 0.2) is 0 Å². The third kappa shape index (κ3) is 3.36. The molecule has 0 aromatic carbocycles. The maximum absolute atomic E-state index is 10.7. The molecular weight excluding hydrogens is 205 g/mol. The molecule has 0 amide bonds. The van der Waals surface area contributed by atoms with Gasteiger partial charge in [-0.25, -0.2) is 0 Å². The second-order valence-corrected chi connectivity index (χ2v) is 4.63. The lowest BCUT2D eigenvalue weighted by Gasteiger charge is -2.17. The first-order valence-corrected chi connectivity index (χ1v) is 4.75. The van der Waals surface area contributed by atoms with E-state index in [2.05, 4.69) is 5.32 Å². The van der Waals surface area contributed by atoms with E-state index in [-0.39, 0.29) is 17.0 Å². The Morgan fingerprint density at radius 1 is 1.33 bits per heavy atom. The average Bonchev–Trinajstić information content (AvgIpc) is 1.65. The summed E-state index contributed by atoms with van der Waals surface area (Å²) < 4.78 is 10.7. The molecule has 0 aromatic rings. The maximum atomic E-state index is 10.7. The van der Waals surface area contributed by atoms with E-state index in [1.165, 1.54) is 0 Å². The largest absolute Gasteiger partial charge is 0.344 e. The standard InChI is InChI=1S/C4H10NO2P.BrH/c6-8(7)3-1-5-2-4-8;/h5H,1-4H2,(H,6,7);1H. The minimum Gasteiger partial charge on any atom is -0.344 e. The molecule has 2 N–H and O–H groups in total. The van der Waals surface area contributed by atoms with Crippen LogP contribution in [-0.2, 0) is 4.57 Å².